The molecule has 118 valence electrons. The zero-order chi connectivity index (χ0) is 15.2. The molecule has 0 saturated carbocycles. The van der Waals surface area contributed by atoms with Gasteiger partial charge in [0, 0.05) is 39.2 Å². The van der Waals surface area contributed by atoms with Gasteiger partial charge in [0.2, 0.25) is 0 Å². The Morgan fingerprint density at radius 3 is 3.18 bits per heavy atom. The second-order valence-corrected chi connectivity index (χ2v) is 6.71. The number of fused-ring (bicyclic) bond motifs is 1. The fraction of sp³-hybridized carbons (Fsp3) is 0.438. The number of rotatable bonds is 7. The molecule has 1 aromatic heterocycles. The molecule has 4 nitrogen and oxygen atoms in total. The van der Waals surface area contributed by atoms with E-state index in [2.05, 4.69) is 38.1 Å². The van der Waals surface area contributed by atoms with Gasteiger partial charge in [-0.1, -0.05) is 18.2 Å². The third-order valence-corrected chi connectivity index (χ3v) is 5.11. The third kappa shape index (κ3) is 4.18. The van der Waals surface area contributed by atoms with E-state index in [1.54, 1.807) is 0 Å². The highest BCUT2D eigenvalue weighted by Gasteiger charge is 2.25. The molecule has 0 radical (unpaired) electrons. The molecule has 2 heterocycles. The Labute approximate surface area is 137 Å². The highest BCUT2D eigenvalue weighted by Crippen LogP contribution is 2.22. The third-order valence-electron chi connectivity index (χ3n) is 3.85. The van der Waals surface area contributed by atoms with Crippen molar-refractivity contribution in [3.63, 3.8) is 0 Å². The lowest BCUT2D eigenvalue weighted by molar-refractivity contribution is 0.0474. The van der Waals surface area contributed by atoms with Crippen LogP contribution in [0.4, 0.5) is 0 Å². The van der Waals surface area contributed by atoms with Crippen LogP contribution in [0.3, 0.4) is 0 Å². The van der Waals surface area contributed by atoms with E-state index in [1.165, 1.54) is 10.9 Å². The van der Waals surface area contributed by atoms with Gasteiger partial charge in [-0.15, -0.1) is 0 Å². The highest BCUT2D eigenvalue weighted by molar-refractivity contribution is 7.98. The zero-order valence-corrected chi connectivity index (χ0v) is 14.4. The van der Waals surface area contributed by atoms with Crippen LogP contribution in [0.5, 0.6) is 0 Å². The van der Waals surface area contributed by atoms with Crippen molar-refractivity contribution in [2.75, 3.05) is 12.4 Å². The number of pyridine rings is 1. The normalized spacial score (nSPS) is 19.6. The molecule has 2 aromatic rings. The van der Waals surface area contributed by atoms with Crippen molar-refractivity contribution in [3.8, 4) is 0 Å². The number of hydrogen-bond acceptors (Lipinski definition) is 5. The molecule has 0 amide bonds. The van der Waals surface area contributed by atoms with E-state index in [0.717, 1.165) is 36.5 Å². The molecule has 3 unspecified atom stereocenters. The maximum Gasteiger partial charge on any atom is 0.0759 e. The molecule has 1 N–H and O–H groups in total. The quantitative estimate of drug-likeness (QED) is 0.621. The van der Waals surface area contributed by atoms with Crippen LogP contribution >= 0.6 is 21.2 Å². The van der Waals surface area contributed by atoms with Gasteiger partial charge in [-0.2, -0.15) is 17.2 Å². The minimum atomic E-state index is 0.221. The van der Waals surface area contributed by atoms with Crippen molar-refractivity contribution in [1.82, 2.24) is 10.5 Å². The number of aromatic nitrogens is 1. The number of nitrogens with zero attached hydrogens (tertiary/aromatic N) is 1. The standard InChI is InChI=1S/C16H21N2O2PS/c21-20-18-15(16-6-3-7-19-16)11-22-10-12-8-13-4-1-2-5-14(13)17-9-12/h1-2,4-5,8-9,15-16,18H,3,6-7,10-11,21H2. The van der Waals surface area contributed by atoms with Gasteiger partial charge in [0.1, 0.15) is 0 Å². The molecule has 1 saturated heterocycles. The first-order valence-electron chi connectivity index (χ1n) is 7.51. The Morgan fingerprint density at radius 1 is 1.45 bits per heavy atom. The average Bonchev–Trinajstić information content (AvgIpc) is 3.08. The number of thioether (sulfide) groups is 1. The summed E-state index contributed by atoms with van der Waals surface area (Å²) in [5, 5.41) is 1.20. The lowest BCUT2D eigenvalue weighted by atomic mass is 10.1. The molecule has 0 aliphatic carbocycles. The van der Waals surface area contributed by atoms with Crippen LogP contribution in [-0.2, 0) is 15.1 Å². The minimum Gasteiger partial charge on any atom is -0.376 e. The molecule has 1 aliphatic rings. The molecular weight excluding hydrogens is 315 g/mol. The summed E-state index contributed by atoms with van der Waals surface area (Å²) < 4.78 is 10.8. The van der Waals surface area contributed by atoms with Crippen LogP contribution in [0.15, 0.2) is 36.5 Å². The summed E-state index contributed by atoms with van der Waals surface area (Å²) in [6.45, 7) is 0.860. The summed E-state index contributed by atoms with van der Waals surface area (Å²) in [7, 11) is 2.25. The number of benzene rings is 1. The number of para-hydroxylation sites is 1. The predicted octanol–water partition coefficient (Wildman–Crippen LogP) is 3.33. The van der Waals surface area contributed by atoms with Crippen LogP contribution < -0.4 is 5.48 Å². The zero-order valence-electron chi connectivity index (χ0n) is 12.4. The first-order chi connectivity index (χ1) is 10.9. The van der Waals surface area contributed by atoms with Gasteiger partial charge in [0.05, 0.1) is 17.7 Å². The predicted molar refractivity (Wildman–Crippen MR) is 94.6 cm³/mol. The van der Waals surface area contributed by atoms with Gasteiger partial charge in [0.15, 0.2) is 0 Å². The summed E-state index contributed by atoms with van der Waals surface area (Å²) in [6.07, 6.45) is 4.46. The van der Waals surface area contributed by atoms with E-state index in [9.17, 15) is 0 Å². The van der Waals surface area contributed by atoms with Crippen LogP contribution in [0.1, 0.15) is 18.4 Å². The van der Waals surface area contributed by atoms with Gasteiger partial charge in [0.25, 0.3) is 0 Å². The van der Waals surface area contributed by atoms with Crippen LogP contribution in [0.2, 0.25) is 0 Å². The van der Waals surface area contributed by atoms with Gasteiger partial charge >= 0.3 is 0 Å². The number of nitrogens with one attached hydrogen (secondary N) is 1. The summed E-state index contributed by atoms with van der Waals surface area (Å²) in [4.78, 5) is 4.51. The number of hydrogen-bond donors (Lipinski definition) is 1. The van der Waals surface area contributed by atoms with Gasteiger partial charge < -0.3 is 4.74 Å². The molecule has 1 fully saturated rings. The SMILES string of the molecule is PONC(CSCc1cnc2ccccc2c1)C1CCCO1. The van der Waals surface area contributed by atoms with Crippen molar-refractivity contribution in [2.24, 2.45) is 0 Å². The Kier molecular flexibility index (Phi) is 6.04. The second-order valence-electron chi connectivity index (χ2n) is 5.45. The van der Waals surface area contributed by atoms with E-state index in [-0.39, 0.29) is 12.1 Å². The van der Waals surface area contributed by atoms with Gasteiger partial charge in [-0.05, 0) is 30.5 Å². The van der Waals surface area contributed by atoms with Crippen LogP contribution in [0, 0.1) is 0 Å². The van der Waals surface area contributed by atoms with E-state index >= 15 is 0 Å². The lowest BCUT2D eigenvalue weighted by Crippen LogP contribution is -2.40. The molecule has 3 rings (SSSR count). The first kappa shape index (κ1) is 16.2. The fourth-order valence-electron chi connectivity index (χ4n) is 2.72. The molecule has 1 aromatic carbocycles. The lowest BCUT2D eigenvalue weighted by Gasteiger charge is -2.22. The maximum atomic E-state index is 5.75. The highest BCUT2D eigenvalue weighted by atomic mass is 32.2. The summed E-state index contributed by atoms with van der Waals surface area (Å²) in [5.74, 6) is 1.89. The van der Waals surface area contributed by atoms with Crippen molar-refractivity contribution < 1.29 is 9.36 Å². The molecule has 6 heteroatoms. The monoisotopic (exact) mass is 336 g/mol. The Morgan fingerprint density at radius 2 is 2.36 bits per heavy atom. The Hall–Kier alpha value is -0.710. The fourth-order valence-corrected chi connectivity index (χ4v) is 3.95. The Bertz CT molecular complexity index is 607. The van der Waals surface area contributed by atoms with E-state index in [0.29, 0.717) is 0 Å². The van der Waals surface area contributed by atoms with Crippen LogP contribution in [0.25, 0.3) is 10.9 Å². The largest absolute Gasteiger partial charge is 0.376 e. The molecule has 1 aliphatic heterocycles. The van der Waals surface area contributed by atoms with Crippen molar-refractivity contribution in [2.45, 2.75) is 30.7 Å². The van der Waals surface area contributed by atoms with Crippen molar-refractivity contribution in [1.29, 1.82) is 0 Å². The summed E-state index contributed by atoms with van der Waals surface area (Å²) in [6, 6.07) is 10.7. The summed E-state index contributed by atoms with van der Waals surface area (Å²) >= 11 is 1.88. The van der Waals surface area contributed by atoms with E-state index in [1.807, 2.05) is 30.1 Å². The average molecular weight is 336 g/mol. The first-order valence-corrected chi connectivity index (χ1v) is 9.13. The summed E-state index contributed by atoms with van der Waals surface area (Å²) in [5.41, 5.74) is 5.34. The second kappa shape index (κ2) is 8.23. The molecular formula is C16H21N2O2PS. The molecule has 22 heavy (non-hydrogen) atoms. The van der Waals surface area contributed by atoms with Gasteiger partial charge in [-0.25, -0.2) is 0 Å². The van der Waals surface area contributed by atoms with Gasteiger partial charge in [-0.3, -0.25) is 9.61 Å². The topological polar surface area (TPSA) is 43.4 Å². The molecule has 0 spiro atoms. The van der Waals surface area contributed by atoms with Crippen molar-refractivity contribution in [3.05, 3.63) is 42.1 Å². The molecule has 0 bridgehead atoms. The molecule has 3 atom stereocenters. The van der Waals surface area contributed by atoms with Crippen molar-refractivity contribution >= 4 is 32.1 Å². The maximum absolute atomic E-state index is 5.75. The van der Waals surface area contributed by atoms with Crippen LogP contribution in [-0.4, -0.2) is 29.5 Å². The number of ether oxygens (including phenoxy) is 1. The minimum absolute atomic E-state index is 0.221. The van der Waals surface area contributed by atoms with E-state index in [4.69, 9.17) is 9.36 Å². The van der Waals surface area contributed by atoms with E-state index < -0.39 is 0 Å². The number of hydroxylamine groups is 1. The smallest absolute Gasteiger partial charge is 0.0759 e. The Balaban J connectivity index is 1.55.